The molecule has 0 bridgehead atoms. The van der Waals surface area contributed by atoms with Crippen molar-refractivity contribution in [2.24, 2.45) is 0 Å². The highest BCUT2D eigenvalue weighted by Gasteiger charge is 2.20. The molecule has 0 aliphatic carbocycles. The summed E-state index contributed by atoms with van der Waals surface area (Å²) in [6.45, 7) is 6.41. The molecule has 0 aliphatic rings. The molecule has 0 spiro atoms. The predicted octanol–water partition coefficient (Wildman–Crippen LogP) is 15.7. The van der Waals surface area contributed by atoms with E-state index in [1.807, 2.05) is 0 Å². The summed E-state index contributed by atoms with van der Waals surface area (Å²) in [4.78, 5) is 38.1. The van der Waals surface area contributed by atoms with Gasteiger partial charge in [0.2, 0.25) is 0 Å². The SMILES string of the molecule is CCCCCC[C@@H](O)CCCCCCCCCCC(=O)OCC(COC(=O)CCCCCCCCCC[C@@H](O)CCCCCC)OC(=O)CCCCCCCCCC[C@@H](O)CCCCCC. The van der Waals surface area contributed by atoms with Gasteiger partial charge in [-0.15, -0.1) is 0 Å². The summed E-state index contributed by atoms with van der Waals surface area (Å²) < 4.78 is 16.8. The Labute approximate surface area is 407 Å². The first-order chi connectivity index (χ1) is 32.2. The fourth-order valence-electron chi connectivity index (χ4n) is 8.86. The minimum absolute atomic E-state index is 0.112. The van der Waals surface area contributed by atoms with E-state index in [4.69, 9.17) is 14.2 Å². The normalized spacial score (nSPS) is 13.4. The zero-order valence-electron chi connectivity index (χ0n) is 43.8. The zero-order chi connectivity index (χ0) is 48.4. The van der Waals surface area contributed by atoms with E-state index in [0.717, 1.165) is 161 Å². The molecular weight excluding hydrogens is 829 g/mol. The van der Waals surface area contributed by atoms with Gasteiger partial charge in [0.15, 0.2) is 6.10 Å². The van der Waals surface area contributed by atoms with Crippen molar-refractivity contribution in [3.05, 3.63) is 0 Å². The van der Waals surface area contributed by atoms with Gasteiger partial charge >= 0.3 is 17.9 Å². The molecule has 9 heteroatoms. The topological polar surface area (TPSA) is 140 Å². The molecule has 66 heavy (non-hydrogen) atoms. The van der Waals surface area contributed by atoms with Crippen LogP contribution in [0.5, 0.6) is 0 Å². The molecule has 0 rings (SSSR count). The molecule has 4 atom stereocenters. The largest absolute Gasteiger partial charge is 0.462 e. The first-order valence-electron chi connectivity index (χ1n) is 28.8. The molecule has 0 aromatic rings. The van der Waals surface area contributed by atoms with Crippen molar-refractivity contribution < 1.29 is 43.9 Å². The summed E-state index contributed by atoms with van der Waals surface area (Å²) in [5.41, 5.74) is 0. The third-order valence-electron chi connectivity index (χ3n) is 13.3. The number of hydrogen-bond donors (Lipinski definition) is 3. The first-order valence-corrected chi connectivity index (χ1v) is 28.8. The third kappa shape index (κ3) is 48.7. The Kier molecular flexibility index (Phi) is 49.8. The molecular formula is C57H110O9. The van der Waals surface area contributed by atoms with Crippen LogP contribution in [0, 0.1) is 0 Å². The highest BCUT2D eigenvalue weighted by atomic mass is 16.6. The average Bonchev–Trinajstić information content (AvgIpc) is 3.30. The second-order valence-corrected chi connectivity index (χ2v) is 20.1. The number of carbonyl (C=O) groups is 3. The van der Waals surface area contributed by atoms with Gasteiger partial charge in [0.1, 0.15) is 13.2 Å². The molecule has 0 radical (unpaired) electrons. The van der Waals surface area contributed by atoms with Crippen LogP contribution in [0.2, 0.25) is 0 Å². The fourth-order valence-corrected chi connectivity index (χ4v) is 8.86. The van der Waals surface area contributed by atoms with E-state index < -0.39 is 6.10 Å². The molecule has 0 heterocycles. The van der Waals surface area contributed by atoms with Crippen LogP contribution in [0.15, 0.2) is 0 Å². The van der Waals surface area contributed by atoms with Crippen LogP contribution in [0.4, 0.5) is 0 Å². The number of hydrogen-bond acceptors (Lipinski definition) is 9. The highest BCUT2D eigenvalue weighted by molar-refractivity contribution is 5.71. The Balaban J connectivity index is 4.41. The quantitative estimate of drug-likeness (QED) is 0.0309. The molecule has 0 aromatic carbocycles. The van der Waals surface area contributed by atoms with Crippen molar-refractivity contribution in [2.45, 2.75) is 334 Å². The van der Waals surface area contributed by atoms with Crippen LogP contribution in [-0.2, 0) is 28.6 Å². The van der Waals surface area contributed by atoms with Gasteiger partial charge in [-0.25, -0.2) is 0 Å². The molecule has 0 saturated heterocycles. The highest BCUT2D eigenvalue weighted by Crippen LogP contribution is 2.18. The Hall–Kier alpha value is -1.71. The second-order valence-electron chi connectivity index (χ2n) is 20.1. The number of ether oxygens (including phenoxy) is 3. The predicted molar refractivity (Wildman–Crippen MR) is 275 cm³/mol. The summed E-state index contributed by atoms with van der Waals surface area (Å²) in [6, 6.07) is 0. The van der Waals surface area contributed by atoms with Crippen LogP contribution in [-0.4, -0.2) is 70.9 Å². The van der Waals surface area contributed by atoms with Crippen molar-refractivity contribution in [1.82, 2.24) is 0 Å². The fraction of sp³-hybridized carbons (Fsp3) is 0.947. The van der Waals surface area contributed by atoms with E-state index in [-0.39, 0.29) is 55.9 Å². The molecule has 0 aromatic heterocycles. The zero-order valence-corrected chi connectivity index (χ0v) is 43.8. The number of aliphatic hydroxyl groups is 3. The molecule has 1 unspecified atom stereocenters. The number of unbranched alkanes of at least 4 members (excludes halogenated alkanes) is 30. The summed E-state index contributed by atoms with van der Waals surface area (Å²) in [5.74, 6) is -0.980. The van der Waals surface area contributed by atoms with Crippen molar-refractivity contribution in [3.8, 4) is 0 Å². The number of carbonyl (C=O) groups excluding carboxylic acids is 3. The maximum Gasteiger partial charge on any atom is 0.306 e. The maximum atomic E-state index is 12.8. The minimum atomic E-state index is -0.815. The van der Waals surface area contributed by atoms with E-state index in [9.17, 15) is 29.7 Å². The molecule has 0 fully saturated rings. The van der Waals surface area contributed by atoms with Crippen LogP contribution >= 0.6 is 0 Å². The Morgan fingerprint density at radius 2 is 0.515 bits per heavy atom. The minimum Gasteiger partial charge on any atom is -0.462 e. The lowest BCUT2D eigenvalue weighted by Gasteiger charge is -2.18. The van der Waals surface area contributed by atoms with Crippen molar-refractivity contribution in [3.63, 3.8) is 0 Å². The third-order valence-corrected chi connectivity index (χ3v) is 13.3. The van der Waals surface area contributed by atoms with Crippen LogP contribution in [0.25, 0.3) is 0 Å². The number of aliphatic hydroxyl groups excluding tert-OH is 3. The molecule has 9 nitrogen and oxygen atoms in total. The van der Waals surface area contributed by atoms with Crippen molar-refractivity contribution in [1.29, 1.82) is 0 Å². The van der Waals surface area contributed by atoms with Gasteiger partial charge < -0.3 is 29.5 Å². The van der Waals surface area contributed by atoms with E-state index in [1.54, 1.807) is 0 Å². The maximum absolute atomic E-state index is 12.8. The molecule has 3 N–H and O–H groups in total. The summed E-state index contributed by atoms with van der Waals surface area (Å²) in [5, 5.41) is 30.5. The van der Waals surface area contributed by atoms with Gasteiger partial charge in [-0.2, -0.15) is 0 Å². The average molecular weight is 939 g/mol. The lowest BCUT2D eigenvalue weighted by atomic mass is 10.0. The van der Waals surface area contributed by atoms with Gasteiger partial charge in [-0.3, -0.25) is 14.4 Å². The van der Waals surface area contributed by atoms with Gasteiger partial charge in [-0.1, -0.05) is 233 Å². The van der Waals surface area contributed by atoms with Crippen LogP contribution in [0.3, 0.4) is 0 Å². The number of esters is 3. The summed E-state index contributed by atoms with van der Waals surface area (Å²) in [7, 11) is 0. The van der Waals surface area contributed by atoms with E-state index in [0.29, 0.717) is 12.8 Å². The summed E-state index contributed by atoms with van der Waals surface area (Å²) in [6.07, 6.45) is 45.4. The van der Waals surface area contributed by atoms with E-state index in [2.05, 4.69) is 20.8 Å². The molecule has 392 valence electrons. The van der Waals surface area contributed by atoms with Gasteiger partial charge in [0, 0.05) is 19.3 Å². The Bertz CT molecular complexity index is 983. The van der Waals surface area contributed by atoms with Crippen molar-refractivity contribution >= 4 is 17.9 Å². The van der Waals surface area contributed by atoms with Gasteiger partial charge in [0.05, 0.1) is 18.3 Å². The Morgan fingerprint density at radius 1 is 0.303 bits per heavy atom. The lowest BCUT2D eigenvalue weighted by molar-refractivity contribution is -0.167. The standard InChI is InChI=1S/C57H110O9/c1-4-7-10-31-40-51(58)43-34-25-19-13-16-22-28-37-46-55(61)64-49-54(66-57(63)48-39-30-24-18-15-21-27-36-45-53(60)42-33-12-9-6-3)50-65-56(62)47-38-29-23-17-14-20-26-35-44-52(59)41-32-11-8-5-2/h51-54,58-60H,4-50H2,1-3H3/t51-,52+,53-,54?/m0/s1. The molecule has 0 aliphatic heterocycles. The first kappa shape index (κ1) is 64.3. The second kappa shape index (κ2) is 51.1. The summed E-state index contributed by atoms with van der Waals surface area (Å²) >= 11 is 0. The lowest BCUT2D eigenvalue weighted by Crippen LogP contribution is -2.30. The smallest absolute Gasteiger partial charge is 0.306 e. The van der Waals surface area contributed by atoms with Gasteiger partial charge in [-0.05, 0) is 57.8 Å². The Morgan fingerprint density at radius 3 is 0.773 bits per heavy atom. The molecule has 0 amide bonds. The van der Waals surface area contributed by atoms with Gasteiger partial charge in [0.25, 0.3) is 0 Å². The molecule has 0 saturated carbocycles. The number of rotatable bonds is 53. The van der Waals surface area contributed by atoms with Crippen molar-refractivity contribution in [2.75, 3.05) is 13.2 Å². The van der Waals surface area contributed by atoms with E-state index in [1.165, 1.54) is 109 Å². The van der Waals surface area contributed by atoms with Crippen LogP contribution in [0.1, 0.15) is 310 Å². The van der Waals surface area contributed by atoms with E-state index >= 15 is 0 Å². The monoisotopic (exact) mass is 939 g/mol. The van der Waals surface area contributed by atoms with Crippen LogP contribution < -0.4 is 0 Å².